The summed E-state index contributed by atoms with van der Waals surface area (Å²) in [4.78, 5) is 29.7. The second kappa shape index (κ2) is 9.44. The summed E-state index contributed by atoms with van der Waals surface area (Å²) in [5, 5.41) is 33.6. The Morgan fingerprint density at radius 3 is 2.62 bits per heavy atom. The SMILES string of the molecule is Cn1[nH]c(=O)c2ccc(Nc3ncc(-c4nc(C(C)(C)O)no4)c(N[C@H](CO)c4ccccc4)n3)nc21. The van der Waals surface area contributed by atoms with E-state index in [4.69, 9.17) is 4.52 Å². The number of aromatic nitrogens is 7. The predicted octanol–water partition coefficient (Wildman–Crippen LogP) is 2.22. The molecule has 4 aromatic heterocycles. The highest BCUT2D eigenvalue weighted by molar-refractivity contribution is 5.77. The van der Waals surface area contributed by atoms with Crippen LogP contribution >= 0.6 is 0 Å². The van der Waals surface area contributed by atoms with Crippen LogP contribution in [-0.4, -0.2) is 51.7 Å². The van der Waals surface area contributed by atoms with Gasteiger partial charge in [-0.3, -0.25) is 14.6 Å². The summed E-state index contributed by atoms with van der Waals surface area (Å²) in [5.41, 5.74) is 0.147. The molecule has 0 fully saturated rings. The summed E-state index contributed by atoms with van der Waals surface area (Å²) in [6.07, 6.45) is 1.49. The van der Waals surface area contributed by atoms with Gasteiger partial charge in [-0.2, -0.15) is 9.97 Å². The zero-order chi connectivity index (χ0) is 26.2. The van der Waals surface area contributed by atoms with E-state index in [-0.39, 0.29) is 29.8 Å². The zero-order valence-corrected chi connectivity index (χ0v) is 20.3. The molecule has 190 valence electrons. The number of rotatable bonds is 8. The van der Waals surface area contributed by atoms with Gasteiger partial charge >= 0.3 is 0 Å². The molecule has 0 unspecified atom stereocenters. The predicted molar refractivity (Wildman–Crippen MR) is 135 cm³/mol. The summed E-state index contributed by atoms with van der Waals surface area (Å²) < 4.78 is 6.92. The van der Waals surface area contributed by atoms with E-state index in [0.717, 1.165) is 5.56 Å². The second-order valence-corrected chi connectivity index (χ2v) is 8.92. The van der Waals surface area contributed by atoms with E-state index in [2.05, 4.69) is 40.8 Å². The number of fused-ring (bicyclic) bond motifs is 1. The van der Waals surface area contributed by atoms with Gasteiger partial charge < -0.3 is 25.4 Å². The van der Waals surface area contributed by atoms with E-state index in [9.17, 15) is 15.0 Å². The molecular weight excluding hydrogens is 478 g/mol. The molecule has 4 heterocycles. The maximum Gasteiger partial charge on any atom is 0.273 e. The van der Waals surface area contributed by atoms with Crippen molar-refractivity contribution in [3.63, 3.8) is 0 Å². The largest absolute Gasteiger partial charge is 0.394 e. The van der Waals surface area contributed by atoms with Crippen molar-refractivity contribution < 1.29 is 14.7 Å². The van der Waals surface area contributed by atoms with Crippen LogP contribution in [0.5, 0.6) is 0 Å². The van der Waals surface area contributed by atoms with E-state index < -0.39 is 11.6 Å². The minimum atomic E-state index is -1.31. The number of aromatic amines is 1. The highest BCUT2D eigenvalue weighted by Gasteiger charge is 2.26. The first kappa shape index (κ1) is 24.1. The maximum atomic E-state index is 12.0. The van der Waals surface area contributed by atoms with E-state index in [0.29, 0.717) is 28.2 Å². The molecule has 0 radical (unpaired) electrons. The molecule has 5 N–H and O–H groups in total. The van der Waals surface area contributed by atoms with Crippen molar-refractivity contribution in [1.82, 2.24) is 34.9 Å². The number of H-pyrrole nitrogens is 1. The van der Waals surface area contributed by atoms with Crippen LogP contribution in [0.15, 0.2) is 58.0 Å². The Hall–Kier alpha value is -4.62. The van der Waals surface area contributed by atoms with Crippen molar-refractivity contribution in [3.8, 4) is 11.5 Å². The Labute approximate surface area is 210 Å². The summed E-state index contributed by atoms with van der Waals surface area (Å²) in [7, 11) is 1.69. The smallest absolute Gasteiger partial charge is 0.273 e. The van der Waals surface area contributed by atoms with Crippen molar-refractivity contribution in [1.29, 1.82) is 0 Å². The van der Waals surface area contributed by atoms with Crippen LogP contribution in [-0.2, 0) is 12.6 Å². The average Bonchev–Trinajstić information content (AvgIpc) is 3.48. The monoisotopic (exact) mass is 503 g/mol. The average molecular weight is 504 g/mol. The van der Waals surface area contributed by atoms with Crippen molar-refractivity contribution in [2.24, 2.45) is 7.05 Å². The molecule has 0 aliphatic carbocycles. The number of aryl methyl sites for hydroxylation is 1. The fourth-order valence-electron chi connectivity index (χ4n) is 3.71. The molecule has 0 amide bonds. The molecule has 0 bridgehead atoms. The van der Waals surface area contributed by atoms with Gasteiger partial charge in [0, 0.05) is 13.2 Å². The lowest BCUT2D eigenvalue weighted by molar-refractivity contribution is 0.0661. The van der Waals surface area contributed by atoms with Crippen LogP contribution in [0.2, 0.25) is 0 Å². The van der Waals surface area contributed by atoms with Gasteiger partial charge in [0.2, 0.25) is 11.8 Å². The molecule has 37 heavy (non-hydrogen) atoms. The van der Waals surface area contributed by atoms with Crippen molar-refractivity contribution >= 4 is 28.6 Å². The van der Waals surface area contributed by atoms with Crippen molar-refractivity contribution in [2.75, 3.05) is 17.2 Å². The van der Waals surface area contributed by atoms with E-state index >= 15 is 0 Å². The van der Waals surface area contributed by atoms with Crippen LogP contribution < -0.4 is 16.2 Å². The minimum absolute atomic E-state index is 0.0952. The molecule has 13 nitrogen and oxygen atoms in total. The van der Waals surface area contributed by atoms with E-state index in [1.165, 1.54) is 10.9 Å². The maximum absolute atomic E-state index is 12.0. The number of nitrogens with zero attached hydrogens (tertiary/aromatic N) is 6. The Balaban J connectivity index is 1.53. The number of anilines is 3. The molecule has 0 saturated heterocycles. The van der Waals surface area contributed by atoms with Crippen LogP contribution in [0.4, 0.5) is 17.6 Å². The van der Waals surface area contributed by atoms with Gasteiger partial charge in [-0.1, -0.05) is 35.5 Å². The number of benzene rings is 1. The van der Waals surface area contributed by atoms with Gasteiger partial charge in [0.05, 0.1) is 18.0 Å². The molecule has 13 heteroatoms. The fourth-order valence-corrected chi connectivity index (χ4v) is 3.71. The lowest BCUT2D eigenvalue weighted by atomic mass is 10.1. The van der Waals surface area contributed by atoms with Gasteiger partial charge in [0.15, 0.2) is 5.65 Å². The molecule has 0 saturated carbocycles. The summed E-state index contributed by atoms with van der Waals surface area (Å²) in [5.74, 6) is 1.13. The minimum Gasteiger partial charge on any atom is -0.394 e. The lowest BCUT2D eigenvalue weighted by Gasteiger charge is -2.19. The first-order chi connectivity index (χ1) is 17.7. The Kier molecular flexibility index (Phi) is 6.15. The Bertz CT molecular complexity index is 1600. The van der Waals surface area contributed by atoms with Gasteiger partial charge in [0.25, 0.3) is 11.4 Å². The Morgan fingerprint density at radius 1 is 1.14 bits per heavy atom. The molecule has 5 rings (SSSR count). The van der Waals surface area contributed by atoms with Crippen molar-refractivity contribution in [2.45, 2.75) is 25.5 Å². The van der Waals surface area contributed by atoms with E-state index in [1.807, 2.05) is 30.3 Å². The summed E-state index contributed by atoms with van der Waals surface area (Å²) >= 11 is 0. The number of hydrogen-bond acceptors (Lipinski definition) is 11. The molecule has 0 spiro atoms. The number of nitrogens with one attached hydrogen (secondary N) is 3. The molecule has 1 atom stereocenters. The highest BCUT2D eigenvalue weighted by atomic mass is 16.5. The lowest BCUT2D eigenvalue weighted by Crippen LogP contribution is -2.18. The summed E-state index contributed by atoms with van der Waals surface area (Å²) in [6.45, 7) is 2.88. The number of hydrogen-bond donors (Lipinski definition) is 5. The van der Waals surface area contributed by atoms with E-state index in [1.54, 1.807) is 33.0 Å². The third-order valence-electron chi connectivity index (χ3n) is 5.63. The third-order valence-corrected chi connectivity index (χ3v) is 5.63. The highest BCUT2D eigenvalue weighted by Crippen LogP contribution is 2.30. The van der Waals surface area contributed by atoms with Crippen LogP contribution in [0.25, 0.3) is 22.5 Å². The molecule has 1 aromatic carbocycles. The standard InChI is InChI=1S/C24H25N9O4/c1-24(2,36)22-30-21(37-32-22)15-11-25-23(28-17-10-9-14-19(27-17)33(3)31-20(14)35)29-18(15)26-16(12-34)13-7-5-4-6-8-13/h4-11,16,34,36H,12H2,1-3H3,(H,31,35)(H2,25,26,27,28,29)/t16-/m1/s1. The van der Waals surface area contributed by atoms with Crippen LogP contribution in [0, 0.1) is 0 Å². The molecule has 0 aliphatic rings. The third kappa shape index (κ3) is 4.90. The first-order valence-electron chi connectivity index (χ1n) is 11.4. The molecule has 0 aliphatic heterocycles. The van der Waals surface area contributed by atoms with Crippen LogP contribution in [0.1, 0.15) is 31.3 Å². The number of aliphatic hydroxyl groups excluding tert-OH is 1. The first-order valence-corrected chi connectivity index (χ1v) is 11.4. The van der Waals surface area contributed by atoms with Gasteiger partial charge in [-0.05, 0) is 31.5 Å². The fraction of sp³-hybridized carbons (Fsp3) is 0.250. The van der Waals surface area contributed by atoms with Crippen molar-refractivity contribution in [3.05, 3.63) is 70.4 Å². The molecular formula is C24H25N9O4. The Morgan fingerprint density at radius 2 is 1.92 bits per heavy atom. The second-order valence-electron chi connectivity index (χ2n) is 8.92. The van der Waals surface area contributed by atoms with Gasteiger partial charge in [-0.15, -0.1) is 0 Å². The number of aliphatic hydroxyl groups is 2. The van der Waals surface area contributed by atoms with Crippen LogP contribution in [0.3, 0.4) is 0 Å². The normalized spacial score (nSPS) is 12.6. The molecule has 5 aromatic rings. The van der Waals surface area contributed by atoms with Gasteiger partial charge in [0.1, 0.15) is 22.8 Å². The summed E-state index contributed by atoms with van der Waals surface area (Å²) in [6, 6.07) is 12.2. The van der Waals surface area contributed by atoms with Gasteiger partial charge in [-0.25, -0.2) is 9.97 Å². The number of pyridine rings is 1. The quantitative estimate of drug-likeness (QED) is 0.209. The topological polar surface area (TPSA) is 180 Å². The zero-order valence-electron chi connectivity index (χ0n) is 20.3.